The van der Waals surface area contributed by atoms with Crippen molar-refractivity contribution in [3.8, 4) is 0 Å². The van der Waals surface area contributed by atoms with Gasteiger partial charge in [0.05, 0.1) is 11.0 Å². The molecule has 0 aromatic rings. The molecule has 0 bridgehead atoms. The second kappa shape index (κ2) is 6.71. The van der Waals surface area contributed by atoms with Crippen molar-refractivity contribution >= 4 is 5.91 Å². The first-order valence-electron chi connectivity index (χ1n) is 7.47. The number of carbonyl (C=O) groups excluding carboxylic acids is 1. The molecule has 1 aliphatic rings. The standard InChI is InChI=1S/C15H30N2O2/c1-5-19-14(3,4)11-17-13(18)15(10-16)8-6-12(2)7-9-15/h12H,5-11,16H2,1-4H3,(H,17,18). The van der Waals surface area contributed by atoms with E-state index in [4.69, 9.17) is 10.5 Å². The summed E-state index contributed by atoms with van der Waals surface area (Å²) in [5.41, 5.74) is 5.22. The van der Waals surface area contributed by atoms with Gasteiger partial charge in [-0.15, -0.1) is 0 Å². The third-order valence-electron chi connectivity index (χ3n) is 4.31. The average molecular weight is 270 g/mol. The van der Waals surface area contributed by atoms with E-state index in [2.05, 4.69) is 12.2 Å². The van der Waals surface area contributed by atoms with Gasteiger partial charge >= 0.3 is 0 Å². The van der Waals surface area contributed by atoms with Crippen LogP contribution in [0.4, 0.5) is 0 Å². The molecule has 112 valence electrons. The highest BCUT2D eigenvalue weighted by Crippen LogP contribution is 2.38. The van der Waals surface area contributed by atoms with Gasteiger partial charge in [-0.2, -0.15) is 0 Å². The summed E-state index contributed by atoms with van der Waals surface area (Å²) in [7, 11) is 0. The summed E-state index contributed by atoms with van der Waals surface area (Å²) in [5, 5.41) is 3.04. The highest BCUT2D eigenvalue weighted by atomic mass is 16.5. The smallest absolute Gasteiger partial charge is 0.227 e. The number of amides is 1. The molecule has 1 aliphatic carbocycles. The fraction of sp³-hybridized carbons (Fsp3) is 0.933. The minimum Gasteiger partial charge on any atom is -0.374 e. The minimum absolute atomic E-state index is 0.106. The second-order valence-electron chi connectivity index (χ2n) is 6.54. The van der Waals surface area contributed by atoms with Gasteiger partial charge in [0.2, 0.25) is 5.91 Å². The van der Waals surface area contributed by atoms with Crippen LogP contribution in [0.2, 0.25) is 0 Å². The first kappa shape index (κ1) is 16.4. The molecule has 1 fully saturated rings. The Labute approximate surface area is 117 Å². The topological polar surface area (TPSA) is 64.3 Å². The van der Waals surface area contributed by atoms with Crippen molar-refractivity contribution in [1.82, 2.24) is 5.32 Å². The van der Waals surface area contributed by atoms with Crippen molar-refractivity contribution < 1.29 is 9.53 Å². The molecule has 0 radical (unpaired) electrons. The Kier molecular flexibility index (Phi) is 5.81. The van der Waals surface area contributed by atoms with Gasteiger partial charge in [-0.3, -0.25) is 4.79 Å². The lowest BCUT2D eigenvalue weighted by atomic mass is 9.70. The maximum Gasteiger partial charge on any atom is 0.227 e. The molecular formula is C15H30N2O2. The average Bonchev–Trinajstić information content (AvgIpc) is 2.37. The molecule has 1 rings (SSSR count). The maximum absolute atomic E-state index is 12.5. The van der Waals surface area contributed by atoms with Crippen molar-refractivity contribution in [2.24, 2.45) is 17.1 Å². The number of nitrogens with one attached hydrogen (secondary N) is 1. The van der Waals surface area contributed by atoms with E-state index in [0.29, 0.717) is 25.6 Å². The molecular weight excluding hydrogens is 240 g/mol. The van der Waals surface area contributed by atoms with Gasteiger partial charge in [0.25, 0.3) is 0 Å². The monoisotopic (exact) mass is 270 g/mol. The number of hydrogen-bond acceptors (Lipinski definition) is 3. The van der Waals surface area contributed by atoms with E-state index in [1.807, 2.05) is 20.8 Å². The summed E-state index contributed by atoms with van der Waals surface area (Å²) in [5.74, 6) is 0.821. The molecule has 1 saturated carbocycles. The predicted molar refractivity (Wildman–Crippen MR) is 77.8 cm³/mol. The van der Waals surface area contributed by atoms with Crippen molar-refractivity contribution in [3.05, 3.63) is 0 Å². The summed E-state index contributed by atoms with van der Waals surface area (Å²) < 4.78 is 5.60. The van der Waals surface area contributed by atoms with E-state index in [0.717, 1.165) is 25.7 Å². The second-order valence-corrected chi connectivity index (χ2v) is 6.54. The highest BCUT2D eigenvalue weighted by molar-refractivity contribution is 5.83. The van der Waals surface area contributed by atoms with Crippen LogP contribution in [0.5, 0.6) is 0 Å². The van der Waals surface area contributed by atoms with Gasteiger partial charge in [0.1, 0.15) is 0 Å². The number of nitrogens with two attached hydrogens (primary N) is 1. The quantitative estimate of drug-likeness (QED) is 0.776. The van der Waals surface area contributed by atoms with Gasteiger partial charge in [-0.05, 0) is 52.4 Å². The van der Waals surface area contributed by atoms with Crippen LogP contribution in [0, 0.1) is 11.3 Å². The lowest BCUT2D eigenvalue weighted by molar-refractivity contribution is -0.134. The predicted octanol–water partition coefficient (Wildman–Crippen LogP) is 2.07. The lowest BCUT2D eigenvalue weighted by Gasteiger charge is -2.38. The summed E-state index contributed by atoms with van der Waals surface area (Å²) in [6.45, 7) is 9.84. The number of rotatable bonds is 6. The molecule has 0 aromatic carbocycles. The van der Waals surface area contributed by atoms with E-state index in [1.54, 1.807) is 0 Å². The summed E-state index contributed by atoms with van der Waals surface area (Å²) in [6.07, 6.45) is 4.01. The summed E-state index contributed by atoms with van der Waals surface area (Å²) in [6, 6.07) is 0. The van der Waals surface area contributed by atoms with E-state index in [9.17, 15) is 4.79 Å². The Hall–Kier alpha value is -0.610. The van der Waals surface area contributed by atoms with Crippen LogP contribution in [0.25, 0.3) is 0 Å². The van der Waals surface area contributed by atoms with Crippen LogP contribution in [-0.2, 0) is 9.53 Å². The minimum atomic E-state index is -0.352. The molecule has 0 saturated heterocycles. The van der Waals surface area contributed by atoms with Crippen LogP contribution >= 0.6 is 0 Å². The molecule has 0 heterocycles. The van der Waals surface area contributed by atoms with E-state index in [1.165, 1.54) is 0 Å². The van der Waals surface area contributed by atoms with Gasteiger partial charge in [-0.25, -0.2) is 0 Å². The van der Waals surface area contributed by atoms with Crippen molar-refractivity contribution in [3.63, 3.8) is 0 Å². The van der Waals surface area contributed by atoms with Crippen LogP contribution in [0.1, 0.15) is 53.4 Å². The van der Waals surface area contributed by atoms with Gasteiger partial charge < -0.3 is 15.8 Å². The Bertz CT molecular complexity index is 295. The summed E-state index contributed by atoms with van der Waals surface area (Å²) >= 11 is 0. The number of carbonyl (C=O) groups is 1. The van der Waals surface area contributed by atoms with Crippen LogP contribution in [0.3, 0.4) is 0 Å². The zero-order valence-electron chi connectivity index (χ0n) is 12.9. The van der Waals surface area contributed by atoms with Crippen molar-refractivity contribution in [2.45, 2.75) is 59.0 Å². The fourth-order valence-corrected chi connectivity index (χ4v) is 2.76. The van der Waals surface area contributed by atoms with Gasteiger partial charge in [0.15, 0.2) is 0 Å². The van der Waals surface area contributed by atoms with E-state index >= 15 is 0 Å². The number of ether oxygens (including phenoxy) is 1. The molecule has 19 heavy (non-hydrogen) atoms. The summed E-state index contributed by atoms with van der Waals surface area (Å²) in [4.78, 5) is 12.5. The molecule has 4 heteroatoms. The Morgan fingerprint density at radius 3 is 2.47 bits per heavy atom. The molecule has 0 aliphatic heterocycles. The fourth-order valence-electron chi connectivity index (χ4n) is 2.76. The molecule has 0 unspecified atom stereocenters. The van der Waals surface area contributed by atoms with Gasteiger partial charge in [-0.1, -0.05) is 6.92 Å². The molecule has 1 amide bonds. The first-order valence-corrected chi connectivity index (χ1v) is 7.47. The van der Waals surface area contributed by atoms with Crippen LogP contribution < -0.4 is 11.1 Å². The Morgan fingerprint density at radius 1 is 1.42 bits per heavy atom. The highest BCUT2D eigenvalue weighted by Gasteiger charge is 2.40. The molecule has 4 nitrogen and oxygen atoms in total. The van der Waals surface area contributed by atoms with Gasteiger partial charge in [0, 0.05) is 19.7 Å². The normalized spacial score (nSPS) is 28.2. The molecule has 0 aromatic heterocycles. The maximum atomic E-state index is 12.5. The van der Waals surface area contributed by atoms with Crippen molar-refractivity contribution in [2.75, 3.05) is 19.7 Å². The first-order chi connectivity index (χ1) is 8.85. The van der Waals surface area contributed by atoms with E-state index in [-0.39, 0.29) is 16.9 Å². The Balaban J connectivity index is 2.55. The third kappa shape index (κ3) is 4.46. The zero-order chi connectivity index (χ0) is 14.5. The molecule has 0 atom stereocenters. The van der Waals surface area contributed by atoms with E-state index < -0.39 is 0 Å². The molecule has 0 spiro atoms. The lowest BCUT2D eigenvalue weighted by Crippen LogP contribution is -2.51. The molecule has 3 N–H and O–H groups in total. The van der Waals surface area contributed by atoms with Crippen LogP contribution in [-0.4, -0.2) is 31.2 Å². The SMILES string of the molecule is CCOC(C)(C)CNC(=O)C1(CN)CCC(C)CC1. The Morgan fingerprint density at radius 2 is 2.00 bits per heavy atom. The third-order valence-corrected chi connectivity index (χ3v) is 4.31. The van der Waals surface area contributed by atoms with Crippen molar-refractivity contribution in [1.29, 1.82) is 0 Å². The zero-order valence-corrected chi connectivity index (χ0v) is 12.9. The number of hydrogen-bond donors (Lipinski definition) is 2. The largest absolute Gasteiger partial charge is 0.374 e. The van der Waals surface area contributed by atoms with Crippen LogP contribution in [0.15, 0.2) is 0 Å².